The predicted octanol–water partition coefficient (Wildman–Crippen LogP) is 7.25. The molecule has 10 nitrogen and oxygen atoms in total. The SMILES string of the molecule is CC(C)(C)OC(=O)CBr.CC(C)(C)OC(=O)COC[C@@H]1CCC[C@H](OC2CCCCO2)C1.OC[C@@H]1CCC[C@H](OC2CCCCO2)C1. The van der Waals surface area contributed by atoms with Crippen molar-refractivity contribution in [2.24, 2.45) is 11.8 Å². The first-order valence-electron chi connectivity index (χ1n) is 18.0. The van der Waals surface area contributed by atoms with Crippen molar-refractivity contribution in [3.05, 3.63) is 0 Å². The number of alkyl halides is 1. The van der Waals surface area contributed by atoms with E-state index < -0.39 is 5.60 Å². The Hall–Kier alpha value is -0.820. The Bertz CT molecular complexity index is 846. The van der Waals surface area contributed by atoms with E-state index >= 15 is 0 Å². The number of carbonyl (C=O) groups excluding carboxylic acids is 2. The molecule has 4 aliphatic rings. The van der Waals surface area contributed by atoms with Crippen molar-refractivity contribution >= 4 is 27.9 Å². The van der Waals surface area contributed by atoms with Gasteiger partial charge >= 0.3 is 11.9 Å². The molecule has 2 unspecified atom stereocenters. The number of ether oxygens (including phenoxy) is 7. The number of aliphatic hydroxyl groups is 1. The van der Waals surface area contributed by atoms with Crippen molar-refractivity contribution in [1.82, 2.24) is 0 Å². The number of hydrogen-bond acceptors (Lipinski definition) is 10. The molecule has 11 heteroatoms. The van der Waals surface area contributed by atoms with Crippen LogP contribution in [0, 0.1) is 11.8 Å². The van der Waals surface area contributed by atoms with Crippen LogP contribution >= 0.6 is 15.9 Å². The number of aliphatic hydroxyl groups excluding tert-OH is 1. The summed E-state index contributed by atoms with van der Waals surface area (Å²) in [5.74, 6) is 0.395. The Morgan fingerprint density at radius 2 is 1.17 bits per heavy atom. The van der Waals surface area contributed by atoms with Gasteiger partial charge in [-0.2, -0.15) is 0 Å². The summed E-state index contributed by atoms with van der Waals surface area (Å²) in [5.41, 5.74) is -0.810. The zero-order chi connectivity index (χ0) is 34.7. The molecule has 276 valence electrons. The summed E-state index contributed by atoms with van der Waals surface area (Å²) in [6, 6.07) is 0. The van der Waals surface area contributed by atoms with Gasteiger partial charge in [0.25, 0.3) is 0 Å². The highest BCUT2D eigenvalue weighted by Crippen LogP contribution is 2.30. The molecule has 0 aromatic heterocycles. The third-order valence-electron chi connectivity index (χ3n) is 8.21. The van der Waals surface area contributed by atoms with E-state index in [1.54, 1.807) is 0 Å². The van der Waals surface area contributed by atoms with Crippen LogP contribution in [0.5, 0.6) is 0 Å². The summed E-state index contributed by atoms with van der Waals surface area (Å²) >= 11 is 2.99. The topological polar surface area (TPSA) is 119 Å². The first-order chi connectivity index (χ1) is 22.3. The molecule has 0 bridgehead atoms. The minimum absolute atomic E-state index is 0.0184. The largest absolute Gasteiger partial charge is 0.459 e. The lowest BCUT2D eigenvalue weighted by Crippen LogP contribution is -2.33. The molecule has 0 radical (unpaired) electrons. The smallest absolute Gasteiger partial charge is 0.332 e. The van der Waals surface area contributed by atoms with Crippen molar-refractivity contribution in [2.45, 2.75) is 167 Å². The number of esters is 2. The summed E-state index contributed by atoms with van der Waals surface area (Å²) in [7, 11) is 0. The fraction of sp³-hybridized carbons (Fsp3) is 0.944. The molecule has 2 saturated carbocycles. The highest BCUT2D eigenvalue weighted by atomic mass is 79.9. The van der Waals surface area contributed by atoms with Crippen LogP contribution in [0.4, 0.5) is 0 Å². The molecule has 0 aromatic carbocycles. The van der Waals surface area contributed by atoms with E-state index in [0.29, 0.717) is 31.2 Å². The van der Waals surface area contributed by atoms with Crippen LogP contribution in [0.1, 0.15) is 131 Å². The molecule has 0 aromatic rings. The van der Waals surface area contributed by atoms with Gasteiger partial charge in [0, 0.05) is 19.8 Å². The molecule has 4 fully saturated rings. The predicted molar refractivity (Wildman–Crippen MR) is 184 cm³/mol. The minimum Gasteiger partial charge on any atom is -0.459 e. The first kappa shape index (κ1) is 42.3. The van der Waals surface area contributed by atoms with Gasteiger partial charge in [-0.25, -0.2) is 4.79 Å². The van der Waals surface area contributed by atoms with Crippen LogP contribution < -0.4 is 0 Å². The summed E-state index contributed by atoms with van der Waals surface area (Å²) in [5, 5.41) is 9.40. The molecule has 0 amide bonds. The lowest BCUT2D eigenvalue weighted by atomic mass is 9.87. The molecule has 2 aliphatic carbocycles. The molecule has 1 N–H and O–H groups in total. The number of rotatable bonds is 10. The van der Waals surface area contributed by atoms with Gasteiger partial charge in [-0.05, 0) is 130 Å². The Labute approximate surface area is 292 Å². The third kappa shape index (κ3) is 21.1. The summed E-state index contributed by atoms with van der Waals surface area (Å²) < 4.78 is 38.9. The van der Waals surface area contributed by atoms with E-state index in [2.05, 4.69) is 15.9 Å². The van der Waals surface area contributed by atoms with E-state index in [4.69, 9.17) is 38.3 Å². The molecule has 2 aliphatic heterocycles. The van der Waals surface area contributed by atoms with Gasteiger partial charge in [-0.15, -0.1) is 0 Å². The molecule has 2 heterocycles. The van der Waals surface area contributed by atoms with Crippen LogP contribution in [0.3, 0.4) is 0 Å². The summed E-state index contributed by atoms with van der Waals surface area (Å²) in [6.45, 7) is 13.7. The molecule has 6 atom stereocenters. The highest BCUT2D eigenvalue weighted by Gasteiger charge is 2.28. The summed E-state index contributed by atoms with van der Waals surface area (Å²) in [6.07, 6.45) is 16.2. The van der Waals surface area contributed by atoms with Gasteiger partial charge in [0.05, 0.1) is 18.8 Å². The number of carbonyl (C=O) groups is 2. The van der Waals surface area contributed by atoms with E-state index in [1.165, 1.54) is 25.7 Å². The molecular weight excluding hydrogens is 672 g/mol. The Balaban J connectivity index is 0.000000274. The maximum Gasteiger partial charge on any atom is 0.332 e. The minimum atomic E-state index is -0.454. The molecule has 2 saturated heterocycles. The number of hydrogen-bond donors (Lipinski definition) is 1. The summed E-state index contributed by atoms with van der Waals surface area (Å²) in [4.78, 5) is 22.2. The highest BCUT2D eigenvalue weighted by molar-refractivity contribution is 9.09. The Morgan fingerprint density at radius 3 is 1.60 bits per heavy atom. The van der Waals surface area contributed by atoms with E-state index in [0.717, 1.165) is 77.4 Å². The molecule has 0 spiro atoms. The average Bonchev–Trinajstić information content (AvgIpc) is 3.01. The molecule has 47 heavy (non-hydrogen) atoms. The van der Waals surface area contributed by atoms with Gasteiger partial charge in [-0.1, -0.05) is 28.8 Å². The maximum absolute atomic E-state index is 11.6. The van der Waals surface area contributed by atoms with Crippen LogP contribution in [0.2, 0.25) is 0 Å². The lowest BCUT2D eigenvalue weighted by molar-refractivity contribution is -0.197. The molecular formula is C36H65BrO10. The van der Waals surface area contributed by atoms with Crippen LogP contribution in [-0.4, -0.2) is 91.4 Å². The van der Waals surface area contributed by atoms with Gasteiger partial charge in [0.2, 0.25) is 0 Å². The second-order valence-electron chi connectivity index (χ2n) is 15.2. The second kappa shape index (κ2) is 22.8. The van der Waals surface area contributed by atoms with Gasteiger partial charge < -0.3 is 38.3 Å². The monoisotopic (exact) mass is 736 g/mol. The zero-order valence-electron chi connectivity index (χ0n) is 30.1. The first-order valence-corrected chi connectivity index (χ1v) is 19.1. The fourth-order valence-electron chi connectivity index (χ4n) is 6.16. The van der Waals surface area contributed by atoms with E-state index in [9.17, 15) is 9.59 Å². The normalized spacial score (nSPS) is 28.5. The third-order valence-corrected chi connectivity index (χ3v) is 8.67. The van der Waals surface area contributed by atoms with Crippen LogP contribution in [0.25, 0.3) is 0 Å². The average molecular weight is 738 g/mol. The number of halogens is 1. The lowest BCUT2D eigenvalue weighted by Gasteiger charge is -2.33. The van der Waals surface area contributed by atoms with Crippen molar-refractivity contribution in [3.63, 3.8) is 0 Å². The second-order valence-corrected chi connectivity index (χ2v) is 15.7. The van der Waals surface area contributed by atoms with Crippen molar-refractivity contribution in [3.8, 4) is 0 Å². The van der Waals surface area contributed by atoms with Crippen molar-refractivity contribution < 1.29 is 47.9 Å². The molecule has 4 rings (SSSR count). The zero-order valence-corrected chi connectivity index (χ0v) is 31.7. The Kier molecular flexibility index (Phi) is 20.6. The standard InChI is InChI=1S/C18H32O5.C12H22O3.C6H11BrO2/c1-18(2,3)23-16(19)13-20-12-14-7-6-8-15(11-14)22-17-9-4-5-10-21-17;13-9-10-4-3-5-11(8-10)15-12-6-1-2-7-14-12;1-6(2,3)9-5(8)4-7/h14-15,17H,4-13H2,1-3H3;10-13H,1-9H2;4H2,1-3H3/t14-,15+,17?;10-,11+,12?;/m11./s1. The Morgan fingerprint density at radius 1 is 0.681 bits per heavy atom. The maximum atomic E-state index is 11.6. The quantitative estimate of drug-likeness (QED) is 0.182. The van der Waals surface area contributed by atoms with Crippen molar-refractivity contribution in [1.29, 1.82) is 0 Å². The van der Waals surface area contributed by atoms with Gasteiger partial charge in [0.15, 0.2) is 12.6 Å². The van der Waals surface area contributed by atoms with Crippen LogP contribution in [0.15, 0.2) is 0 Å². The van der Waals surface area contributed by atoms with E-state index in [-0.39, 0.29) is 48.2 Å². The van der Waals surface area contributed by atoms with Gasteiger partial charge in [-0.3, -0.25) is 4.79 Å². The van der Waals surface area contributed by atoms with Crippen molar-refractivity contribution in [2.75, 3.05) is 38.4 Å². The van der Waals surface area contributed by atoms with Crippen LogP contribution in [-0.2, 0) is 42.7 Å². The fourth-order valence-corrected chi connectivity index (χ4v) is 6.28. The van der Waals surface area contributed by atoms with E-state index in [1.807, 2.05) is 41.5 Å². The van der Waals surface area contributed by atoms with Gasteiger partial charge in [0.1, 0.15) is 23.1 Å².